The van der Waals surface area contributed by atoms with Gasteiger partial charge in [-0.25, -0.2) is 9.78 Å². The molecule has 0 amide bonds. The first-order valence-corrected chi connectivity index (χ1v) is 3.73. The number of pyridine rings is 1. The van der Waals surface area contributed by atoms with Gasteiger partial charge in [0.25, 0.3) is 0 Å². The summed E-state index contributed by atoms with van der Waals surface area (Å²) in [5.41, 5.74) is 5.49. The molecule has 5 heteroatoms. The normalized spacial score (nSPS) is 9.69. The lowest BCUT2D eigenvalue weighted by Gasteiger charge is -2.03. The van der Waals surface area contributed by atoms with Crippen molar-refractivity contribution in [2.24, 2.45) is 0 Å². The first-order chi connectivity index (χ1) is 6.15. The maximum Gasteiger partial charge on any atom is 0.341 e. The summed E-state index contributed by atoms with van der Waals surface area (Å²) in [6, 6.07) is 0.978. The molecule has 0 aliphatic carbocycles. The van der Waals surface area contributed by atoms with Crippen molar-refractivity contribution >= 4 is 11.7 Å². The van der Waals surface area contributed by atoms with Crippen molar-refractivity contribution in [1.82, 2.24) is 4.98 Å². The Morgan fingerprint density at radius 3 is 3.00 bits per heavy atom. The molecule has 13 heavy (non-hydrogen) atoms. The number of ether oxygens (including phenoxy) is 1. The first-order valence-electron chi connectivity index (χ1n) is 3.73. The largest absolute Gasteiger partial charge is 0.462 e. The number of carbonyl (C=O) groups is 1. The van der Waals surface area contributed by atoms with Crippen LogP contribution in [-0.4, -0.2) is 17.6 Å². The van der Waals surface area contributed by atoms with Gasteiger partial charge in [0.1, 0.15) is 5.56 Å². The summed E-state index contributed by atoms with van der Waals surface area (Å²) in [4.78, 5) is 14.4. The van der Waals surface area contributed by atoms with Crippen molar-refractivity contribution < 1.29 is 13.9 Å². The molecule has 0 aliphatic rings. The van der Waals surface area contributed by atoms with Crippen LogP contribution in [0, 0.1) is 5.95 Å². The van der Waals surface area contributed by atoms with Crippen molar-refractivity contribution in [2.75, 3.05) is 12.3 Å². The average Bonchev–Trinajstić information content (AvgIpc) is 2.04. The van der Waals surface area contributed by atoms with Crippen LogP contribution in [0.15, 0.2) is 12.3 Å². The van der Waals surface area contributed by atoms with Gasteiger partial charge in [-0.05, 0) is 6.92 Å². The Bertz CT molecular complexity index is 328. The highest BCUT2D eigenvalue weighted by atomic mass is 19.1. The smallest absolute Gasteiger partial charge is 0.341 e. The van der Waals surface area contributed by atoms with Gasteiger partial charge in [0, 0.05) is 12.3 Å². The third-order valence-corrected chi connectivity index (χ3v) is 1.40. The number of halogens is 1. The SMILES string of the molecule is CCOC(=O)c1cnc(F)cc1N. The van der Waals surface area contributed by atoms with E-state index >= 15 is 0 Å². The zero-order chi connectivity index (χ0) is 9.84. The summed E-state index contributed by atoms with van der Waals surface area (Å²) >= 11 is 0. The number of carbonyl (C=O) groups excluding carboxylic acids is 1. The van der Waals surface area contributed by atoms with Gasteiger partial charge in [0.05, 0.1) is 12.3 Å². The molecule has 0 atom stereocenters. The van der Waals surface area contributed by atoms with Gasteiger partial charge in [-0.1, -0.05) is 0 Å². The van der Waals surface area contributed by atoms with Gasteiger partial charge < -0.3 is 10.5 Å². The predicted octanol–water partition coefficient (Wildman–Crippen LogP) is 0.980. The second-order valence-corrected chi connectivity index (χ2v) is 2.31. The summed E-state index contributed by atoms with van der Waals surface area (Å²) in [6.45, 7) is 1.92. The summed E-state index contributed by atoms with van der Waals surface area (Å²) in [6.07, 6.45) is 1.06. The van der Waals surface area contributed by atoms with Crippen LogP contribution in [0.4, 0.5) is 10.1 Å². The van der Waals surface area contributed by atoms with E-state index in [-0.39, 0.29) is 17.9 Å². The van der Waals surface area contributed by atoms with E-state index in [1.165, 1.54) is 0 Å². The number of aromatic nitrogens is 1. The summed E-state index contributed by atoms with van der Waals surface area (Å²) in [7, 11) is 0. The molecular formula is C8H9FN2O2. The maximum atomic E-state index is 12.5. The Balaban J connectivity index is 2.95. The molecule has 1 heterocycles. The number of nitrogen functional groups attached to an aromatic ring is 1. The van der Waals surface area contributed by atoms with Crippen LogP contribution in [0.5, 0.6) is 0 Å². The molecule has 1 aromatic heterocycles. The molecule has 0 aliphatic heterocycles. The zero-order valence-corrected chi connectivity index (χ0v) is 7.08. The summed E-state index contributed by atoms with van der Waals surface area (Å²) < 4.78 is 17.1. The van der Waals surface area contributed by atoms with Gasteiger partial charge in [0.2, 0.25) is 5.95 Å². The van der Waals surface area contributed by atoms with Crippen molar-refractivity contribution in [3.05, 3.63) is 23.8 Å². The van der Waals surface area contributed by atoms with Gasteiger partial charge >= 0.3 is 5.97 Å². The van der Waals surface area contributed by atoms with Crippen LogP contribution >= 0.6 is 0 Å². The van der Waals surface area contributed by atoms with Gasteiger partial charge in [-0.3, -0.25) is 0 Å². The van der Waals surface area contributed by atoms with Crippen LogP contribution in [0.25, 0.3) is 0 Å². The van der Waals surface area contributed by atoms with Crippen LogP contribution < -0.4 is 5.73 Å². The number of hydrogen-bond acceptors (Lipinski definition) is 4. The fourth-order valence-corrected chi connectivity index (χ4v) is 0.823. The molecule has 2 N–H and O–H groups in total. The highest BCUT2D eigenvalue weighted by molar-refractivity contribution is 5.94. The molecule has 1 aromatic rings. The highest BCUT2D eigenvalue weighted by Crippen LogP contribution is 2.11. The topological polar surface area (TPSA) is 65.2 Å². The Morgan fingerprint density at radius 2 is 2.46 bits per heavy atom. The number of anilines is 1. The molecule has 0 bridgehead atoms. The Hall–Kier alpha value is -1.65. The van der Waals surface area contributed by atoms with Gasteiger partial charge in [-0.2, -0.15) is 4.39 Å². The lowest BCUT2D eigenvalue weighted by atomic mass is 10.2. The molecule has 0 aromatic carbocycles. The standard InChI is InChI=1S/C8H9FN2O2/c1-2-13-8(12)5-4-11-7(9)3-6(5)10/h3-4H,2H2,1H3,(H2,10,11). The molecule has 0 saturated heterocycles. The molecule has 70 valence electrons. The second-order valence-electron chi connectivity index (χ2n) is 2.31. The Labute approximate surface area is 74.5 Å². The Morgan fingerprint density at radius 1 is 1.77 bits per heavy atom. The molecule has 4 nitrogen and oxygen atoms in total. The predicted molar refractivity (Wildman–Crippen MR) is 44.6 cm³/mol. The lowest BCUT2D eigenvalue weighted by Crippen LogP contribution is -2.09. The lowest BCUT2D eigenvalue weighted by molar-refractivity contribution is 0.0527. The fourth-order valence-electron chi connectivity index (χ4n) is 0.823. The minimum Gasteiger partial charge on any atom is -0.462 e. The van der Waals surface area contributed by atoms with Crippen molar-refractivity contribution in [3.8, 4) is 0 Å². The highest BCUT2D eigenvalue weighted by Gasteiger charge is 2.11. The monoisotopic (exact) mass is 184 g/mol. The fraction of sp³-hybridized carbons (Fsp3) is 0.250. The molecule has 0 unspecified atom stereocenters. The van der Waals surface area contributed by atoms with E-state index in [1.807, 2.05) is 0 Å². The third-order valence-electron chi connectivity index (χ3n) is 1.40. The third kappa shape index (κ3) is 2.14. The van der Waals surface area contributed by atoms with E-state index < -0.39 is 11.9 Å². The van der Waals surface area contributed by atoms with Crippen LogP contribution in [0.2, 0.25) is 0 Å². The van der Waals surface area contributed by atoms with Crippen molar-refractivity contribution in [1.29, 1.82) is 0 Å². The molecule has 0 spiro atoms. The number of nitrogens with zero attached hydrogens (tertiary/aromatic N) is 1. The average molecular weight is 184 g/mol. The molecule has 0 fully saturated rings. The van der Waals surface area contributed by atoms with E-state index in [2.05, 4.69) is 9.72 Å². The summed E-state index contributed by atoms with van der Waals surface area (Å²) in [5.74, 6) is -1.31. The number of esters is 1. The first kappa shape index (κ1) is 9.44. The maximum absolute atomic E-state index is 12.5. The number of hydrogen-bond donors (Lipinski definition) is 1. The van der Waals surface area contributed by atoms with Crippen LogP contribution in [0.3, 0.4) is 0 Å². The minimum absolute atomic E-state index is 0.0333. The zero-order valence-electron chi connectivity index (χ0n) is 7.08. The molecule has 1 rings (SSSR count). The quantitative estimate of drug-likeness (QED) is 0.549. The second kappa shape index (κ2) is 3.84. The van der Waals surface area contributed by atoms with Gasteiger partial charge in [0.15, 0.2) is 0 Å². The van der Waals surface area contributed by atoms with E-state index in [1.54, 1.807) is 6.92 Å². The molecule has 0 radical (unpaired) electrons. The molecule has 0 saturated carbocycles. The molecular weight excluding hydrogens is 175 g/mol. The Kier molecular flexibility index (Phi) is 2.79. The van der Waals surface area contributed by atoms with E-state index in [9.17, 15) is 9.18 Å². The van der Waals surface area contributed by atoms with Crippen LogP contribution in [0.1, 0.15) is 17.3 Å². The number of nitrogens with two attached hydrogens (primary N) is 1. The minimum atomic E-state index is -0.717. The van der Waals surface area contributed by atoms with E-state index in [0.717, 1.165) is 12.3 Å². The van der Waals surface area contributed by atoms with Crippen molar-refractivity contribution in [3.63, 3.8) is 0 Å². The van der Waals surface area contributed by atoms with E-state index in [4.69, 9.17) is 5.73 Å². The number of rotatable bonds is 2. The van der Waals surface area contributed by atoms with Crippen molar-refractivity contribution in [2.45, 2.75) is 6.92 Å². The van der Waals surface area contributed by atoms with Crippen LogP contribution in [-0.2, 0) is 4.74 Å². The van der Waals surface area contributed by atoms with Gasteiger partial charge in [-0.15, -0.1) is 0 Å². The van der Waals surface area contributed by atoms with E-state index in [0.29, 0.717) is 0 Å². The summed E-state index contributed by atoms with van der Waals surface area (Å²) in [5, 5.41) is 0.